The summed E-state index contributed by atoms with van der Waals surface area (Å²) in [5, 5.41) is 0. The van der Waals surface area contributed by atoms with Gasteiger partial charge in [0, 0.05) is 25.6 Å². The lowest BCUT2D eigenvalue weighted by atomic mass is 9.91. The van der Waals surface area contributed by atoms with Gasteiger partial charge < -0.3 is 0 Å². The zero-order valence-electron chi connectivity index (χ0n) is 12.7. The number of amides is 1. The third-order valence-corrected chi connectivity index (χ3v) is 2.71. The molecule has 4 nitrogen and oxygen atoms in total. The van der Waals surface area contributed by atoms with Crippen LogP contribution in [0.15, 0.2) is 12.3 Å². The summed E-state index contributed by atoms with van der Waals surface area (Å²) in [5.41, 5.74) is -0.0102. The van der Waals surface area contributed by atoms with Crippen molar-refractivity contribution in [3.63, 3.8) is 0 Å². The van der Waals surface area contributed by atoms with Crippen LogP contribution in [-0.2, 0) is 11.2 Å². The molecule has 0 aliphatic heterocycles. The molecule has 0 N–H and O–H groups in total. The Labute approximate surface area is 116 Å². The van der Waals surface area contributed by atoms with E-state index in [1.807, 2.05) is 13.0 Å². The van der Waals surface area contributed by atoms with E-state index < -0.39 is 0 Å². The lowest BCUT2D eigenvalue weighted by molar-refractivity contribution is -0.120. The fraction of sp³-hybridized carbons (Fsp3) is 0.667. The smallest absolute Gasteiger partial charge is 0.228 e. The highest BCUT2D eigenvalue weighted by atomic mass is 16.2. The second-order valence-electron chi connectivity index (χ2n) is 5.97. The highest BCUT2D eigenvalue weighted by molar-refractivity contribution is 5.92. The quantitative estimate of drug-likeness (QED) is 0.819. The van der Waals surface area contributed by atoms with Crippen LogP contribution in [-0.4, -0.2) is 22.4 Å². The maximum atomic E-state index is 12.4. The molecule has 1 aromatic heterocycles. The number of hydrogen-bond donors (Lipinski definition) is 0. The van der Waals surface area contributed by atoms with Gasteiger partial charge in [0.25, 0.3) is 0 Å². The number of rotatable bonds is 5. The van der Waals surface area contributed by atoms with Crippen molar-refractivity contribution in [1.82, 2.24) is 9.97 Å². The minimum atomic E-state index is -0.0102. The van der Waals surface area contributed by atoms with Crippen LogP contribution in [0.5, 0.6) is 0 Å². The van der Waals surface area contributed by atoms with Gasteiger partial charge in [-0.15, -0.1) is 0 Å². The van der Waals surface area contributed by atoms with Gasteiger partial charge in [0.2, 0.25) is 5.91 Å². The van der Waals surface area contributed by atoms with Crippen LogP contribution in [0.25, 0.3) is 0 Å². The Morgan fingerprint density at radius 3 is 2.53 bits per heavy atom. The first kappa shape index (κ1) is 15.6. The number of aromatic nitrogens is 2. The van der Waals surface area contributed by atoms with Crippen LogP contribution in [0.2, 0.25) is 0 Å². The zero-order chi connectivity index (χ0) is 14.5. The van der Waals surface area contributed by atoms with E-state index in [9.17, 15) is 4.79 Å². The van der Waals surface area contributed by atoms with E-state index in [4.69, 9.17) is 0 Å². The molecular weight excluding hydrogens is 238 g/mol. The number of carbonyl (C=O) groups excluding carboxylic acids is 1. The summed E-state index contributed by atoms with van der Waals surface area (Å²) in [6.45, 7) is 11.0. The van der Waals surface area contributed by atoms with Crippen LogP contribution >= 0.6 is 0 Å². The second kappa shape index (κ2) is 6.64. The molecule has 1 heterocycles. The molecule has 0 unspecified atom stereocenters. The molecular formula is C15H25N3O. The van der Waals surface area contributed by atoms with Crippen molar-refractivity contribution >= 4 is 11.7 Å². The largest absolute Gasteiger partial charge is 0.297 e. The summed E-state index contributed by atoms with van der Waals surface area (Å²) in [6, 6.07) is 1.81. The standard InChI is InChI=1S/C15H25N3O/c1-6-10-18(14(19)11-15(3,4)5)13-8-9-16-12(7-2)17-13/h8-9H,6-7,10-11H2,1-5H3. The first-order chi connectivity index (χ1) is 8.87. The highest BCUT2D eigenvalue weighted by Crippen LogP contribution is 2.22. The van der Waals surface area contributed by atoms with Crippen LogP contribution in [0.1, 0.15) is 53.3 Å². The average Bonchev–Trinajstić information content (AvgIpc) is 2.33. The minimum absolute atomic E-state index is 0.0102. The van der Waals surface area contributed by atoms with Gasteiger partial charge in [0.1, 0.15) is 11.6 Å². The van der Waals surface area contributed by atoms with E-state index in [-0.39, 0.29) is 11.3 Å². The molecule has 0 aliphatic carbocycles. The summed E-state index contributed by atoms with van der Waals surface area (Å²) in [6.07, 6.45) is 3.95. The number of carbonyl (C=O) groups is 1. The average molecular weight is 263 g/mol. The van der Waals surface area contributed by atoms with Crippen molar-refractivity contribution in [2.24, 2.45) is 5.41 Å². The van der Waals surface area contributed by atoms with Gasteiger partial charge in [-0.2, -0.15) is 0 Å². The van der Waals surface area contributed by atoms with Crippen LogP contribution in [0.3, 0.4) is 0 Å². The van der Waals surface area contributed by atoms with Crippen LogP contribution in [0.4, 0.5) is 5.82 Å². The molecule has 1 rings (SSSR count). The van der Waals surface area contributed by atoms with E-state index in [1.54, 1.807) is 11.1 Å². The summed E-state index contributed by atoms with van der Waals surface area (Å²) < 4.78 is 0. The van der Waals surface area contributed by atoms with E-state index in [0.717, 1.165) is 24.5 Å². The molecule has 0 aromatic carbocycles. The van der Waals surface area contributed by atoms with Gasteiger partial charge in [-0.1, -0.05) is 34.6 Å². The van der Waals surface area contributed by atoms with Crippen molar-refractivity contribution in [3.8, 4) is 0 Å². The molecule has 0 saturated heterocycles. The first-order valence-corrected chi connectivity index (χ1v) is 6.99. The van der Waals surface area contributed by atoms with Crippen molar-refractivity contribution in [3.05, 3.63) is 18.1 Å². The van der Waals surface area contributed by atoms with Crippen LogP contribution in [0, 0.1) is 5.41 Å². The topological polar surface area (TPSA) is 46.1 Å². The third kappa shape index (κ3) is 4.97. The molecule has 0 spiro atoms. The van der Waals surface area contributed by atoms with Crippen molar-refractivity contribution in [2.45, 2.75) is 53.9 Å². The molecule has 0 aliphatic rings. The lowest BCUT2D eigenvalue weighted by Gasteiger charge is -2.25. The molecule has 1 amide bonds. The van der Waals surface area contributed by atoms with Gasteiger partial charge in [-0.05, 0) is 17.9 Å². The molecule has 106 valence electrons. The van der Waals surface area contributed by atoms with Gasteiger partial charge in [0.05, 0.1) is 0 Å². The zero-order valence-corrected chi connectivity index (χ0v) is 12.7. The van der Waals surface area contributed by atoms with E-state index in [0.29, 0.717) is 13.0 Å². The Balaban J connectivity index is 2.95. The summed E-state index contributed by atoms with van der Waals surface area (Å²) in [7, 11) is 0. The number of nitrogens with zero attached hydrogens (tertiary/aromatic N) is 3. The first-order valence-electron chi connectivity index (χ1n) is 6.99. The fourth-order valence-corrected chi connectivity index (χ4v) is 1.85. The molecule has 4 heteroatoms. The second-order valence-corrected chi connectivity index (χ2v) is 5.97. The maximum Gasteiger partial charge on any atom is 0.228 e. The predicted octanol–water partition coefficient (Wildman–Crippen LogP) is 3.22. The van der Waals surface area contributed by atoms with Gasteiger partial charge in [-0.3, -0.25) is 9.69 Å². The van der Waals surface area contributed by atoms with E-state index >= 15 is 0 Å². The molecule has 0 bridgehead atoms. The summed E-state index contributed by atoms with van der Waals surface area (Å²) >= 11 is 0. The number of aryl methyl sites for hydroxylation is 1. The Hall–Kier alpha value is -1.45. The maximum absolute atomic E-state index is 12.4. The summed E-state index contributed by atoms with van der Waals surface area (Å²) in [4.78, 5) is 22.8. The van der Waals surface area contributed by atoms with Crippen molar-refractivity contribution in [1.29, 1.82) is 0 Å². The van der Waals surface area contributed by atoms with Gasteiger partial charge >= 0.3 is 0 Å². The Morgan fingerprint density at radius 1 is 1.32 bits per heavy atom. The Morgan fingerprint density at radius 2 is 2.00 bits per heavy atom. The fourth-order valence-electron chi connectivity index (χ4n) is 1.85. The molecule has 0 atom stereocenters. The lowest BCUT2D eigenvalue weighted by Crippen LogP contribution is -2.35. The minimum Gasteiger partial charge on any atom is -0.297 e. The number of hydrogen-bond acceptors (Lipinski definition) is 3. The normalized spacial score (nSPS) is 11.4. The van der Waals surface area contributed by atoms with Gasteiger partial charge in [-0.25, -0.2) is 9.97 Å². The monoisotopic (exact) mass is 263 g/mol. The summed E-state index contributed by atoms with van der Waals surface area (Å²) in [5.74, 6) is 1.64. The molecule has 1 aromatic rings. The van der Waals surface area contributed by atoms with E-state index in [1.165, 1.54) is 0 Å². The molecule has 0 saturated carbocycles. The third-order valence-electron chi connectivity index (χ3n) is 2.71. The van der Waals surface area contributed by atoms with Crippen molar-refractivity contribution < 1.29 is 4.79 Å². The Bertz CT molecular complexity index is 424. The Kier molecular flexibility index (Phi) is 5.45. The van der Waals surface area contributed by atoms with Crippen molar-refractivity contribution in [2.75, 3.05) is 11.4 Å². The molecule has 0 radical (unpaired) electrons. The number of anilines is 1. The molecule has 19 heavy (non-hydrogen) atoms. The van der Waals surface area contributed by atoms with Gasteiger partial charge in [0.15, 0.2) is 0 Å². The van der Waals surface area contributed by atoms with E-state index in [2.05, 4.69) is 37.7 Å². The SMILES string of the molecule is CCCN(C(=O)CC(C)(C)C)c1ccnc(CC)n1. The molecule has 0 fully saturated rings. The highest BCUT2D eigenvalue weighted by Gasteiger charge is 2.22. The van der Waals surface area contributed by atoms with Crippen LogP contribution < -0.4 is 4.90 Å². The predicted molar refractivity (Wildman–Crippen MR) is 78.1 cm³/mol.